The minimum absolute atomic E-state index is 0.804. The maximum absolute atomic E-state index is 5.65. The SMILES string of the molecule is CCN(CC)Cc1ccc(CNC)o1. The van der Waals surface area contributed by atoms with Gasteiger partial charge < -0.3 is 9.73 Å². The van der Waals surface area contributed by atoms with Crippen molar-refractivity contribution in [3.8, 4) is 0 Å². The molecule has 14 heavy (non-hydrogen) atoms. The maximum Gasteiger partial charge on any atom is 0.118 e. The molecule has 1 rings (SSSR count). The molecule has 0 aliphatic carbocycles. The Hall–Kier alpha value is -0.800. The van der Waals surface area contributed by atoms with Gasteiger partial charge in [0.15, 0.2) is 0 Å². The lowest BCUT2D eigenvalue weighted by Crippen LogP contribution is -2.21. The molecule has 1 aromatic heterocycles. The van der Waals surface area contributed by atoms with Crippen LogP contribution in [0.15, 0.2) is 16.5 Å². The molecule has 80 valence electrons. The smallest absolute Gasteiger partial charge is 0.118 e. The lowest BCUT2D eigenvalue weighted by atomic mass is 10.4. The Balaban J connectivity index is 2.49. The van der Waals surface area contributed by atoms with Crippen LogP contribution in [0.5, 0.6) is 0 Å². The lowest BCUT2D eigenvalue weighted by molar-refractivity contribution is 0.265. The second-order valence-corrected chi connectivity index (χ2v) is 3.36. The molecule has 1 N–H and O–H groups in total. The highest BCUT2D eigenvalue weighted by Gasteiger charge is 2.05. The van der Waals surface area contributed by atoms with Crippen LogP contribution >= 0.6 is 0 Å². The molecule has 0 atom stereocenters. The minimum Gasteiger partial charge on any atom is -0.463 e. The van der Waals surface area contributed by atoms with Gasteiger partial charge in [0.05, 0.1) is 13.1 Å². The van der Waals surface area contributed by atoms with Gasteiger partial charge in [0, 0.05) is 0 Å². The first kappa shape index (κ1) is 11.3. The molecule has 0 saturated heterocycles. The summed E-state index contributed by atoms with van der Waals surface area (Å²) in [6.07, 6.45) is 0. The summed E-state index contributed by atoms with van der Waals surface area (Å²) in [5, 5.41) is 3.07. The monoisotopic (exact) mass is 196 g/mol. The molecule has 0 aromatic carbocycles. The first-order valence-electron chi connectivity index (χ1n) is 5.24. The quantitative estimate of drug-likeness (QED) is 0.752. The Morgan fingerprint density at radius 3 is 2.43 bits per heavy atom. The molecule has 0 bridgehead atoms. The Labute approximate surface area is 86.1 Å². The van der Waals surface area contributed by atoms with Gasteiger partial charge in [0.25, 0.3) is 0 Å². The highest BCUT2D eigenvalue weighted by atomic mass is 16.3. The number of nitrogens with zero attached hydrogens (tertiary/aromatic N) is 1. The number of hydrogen-bond acceptors (Lipinski definition) is 3. The van der Waals surface area contributed by atoms with Crippen molar-refractivity contribution in [3.63, 3.8) is 0 Å². The van der Waals surface area contributed by atoms with Crippen molar-refractivity contribution in [1.82, 2.24) is 10.2 Å². The van der Waals surface area contributed by atoms with Gasteiger partial charge >= 0.3 is 0 Å². The summed E-state index contributed by atoms with van der Waals surface area (Å²) in [4.78, 5) is 2.34. The Morgan fingerprint density at radius 1 is 1.21 bits per heavy atom. The zero-order valence-electron chi connectivity index (χ0n) is 9.34. The molecule has 0 unspecified atom stereocenters. The summed E-state index contributed by atoms with van der Waals surface area (Å²) >= 11 is 0. The average molecular weight is 196 g/mol. The van der Waals surface area contributed by atoms with Crippen molar-refractivity contribution < 1.29 is 4.42 Å². The summed E-state index contributed by atoms with van der Waals surface area (Å²) in [6, 6.07) is 4.10. The molecule has 3 heteroatoms. The van der Waals surface area contributed by atoms with Gasteiger partial charge in [-0.1, -0.05) is 13.8 Å². The standard InChI is InChI=1S/C11H20N2O/c1-4-13(5-2)9-11-7-6-10(14-11)8-12-3/h6-7,12H,4-5,8-9H2,1-3H3. The fourth-order valence-electron chi connectivity index (χ4n) is 1.44. The number of nitrogens with one attached hydrogen (secondary N) is 1. The van der Waals surface area contributed by atoms with Crippen LogP contribution in [0, 0.1) is 0 Å². The maximum atomic E-state index is 5.65. The Morgan fingerprint density at radius 2 is 1.86 bits per heavy atom. The molecule has 3 nitrogen and oxygen atoms in total. The van der Waals surface area contributed by atoms with E-state index < -0.39 is 0 Å². The van der Waals surface area contributed by atoms with Gasteiger partial charge in [0.1, 0.15) is 11.5 Å². The van der Waals surface area contributed by atoms with Crippen LogP contribution in [-0.2, 0) is 13.1 Å². The summed E-state index contributed by atoms with van der Waals surface area (Å²) in [5.41, 5.74) is 0. The van der Waals surface area contributed by atoms with Crippen molar-refractivity contribution in [3.05, 3.63) is 23.7 Å². The number of rotatable bonds is 6. The first-order chi connectivity index (χ1) is 6.80. The van der Waals surface area contributed by atoms with Crippen molar-refractivity contribution >= 4 is 0 Å². The molecular formula is C11H20N2O. The third-order valence-electron chi connectivity index (χ3n) is 2.34. The van der Waals surface area contributed by atoms with E-state index >= 15 is 0 Å². The zero-order valence-corrected chi connectivity index (χ0v) is 9.34. The van der Waals surface area contributed by atoms with Crippen molar-refractivity contribution in [2.45, 2.75) is 26.9 Å². The van der Waals surface area contributed by atoms with Crippen LogP contribution in [0.1, 0.15) is 25.4 Å². The average Bonchev–Trinajstić information content (AvgIpc) is 2.63. The molecular weight excluding hydrogens is 176 g/mol. The second kappa shape index (κ2) is 5.83. The van der Waals surface area contributed by atoms with Crippen molar-refractivity contribution in [2.75, 3.05) is 20.1 Å². The molecule has 0 amide bonds. The van der Waals surface area contributed by atoms with E-state index in [1.807, 2.05) is 13.1 Å². The molecule has 1 heterocycles. The molecule has 0 saturated carbocycles. The highest BCUT2D eigenvalue weighted by molar-refractivity contribution is 5.06. The molecule has 0 aliphatic rings. The molecule has 0 spiro atoms. The van der Waals surface area contributed by atoms with E-state index in [0.717, 1.165) is 37.7 Å². The number of hydrogen-bond donors (Lipinski definition) is 1. The van der Waals surface area contributed by atoms with Crippen LogP contribution in [0.4, 0.5) is 0 Å². The summed E-state index contributed by atoms with van der Waals surface area (Å²) in [6.45, 7) is 8.19. The molecule has 1 aromatic rings. The van der Waals surface area contributed by atoms with Crippen LogP contribution in [0.25, 0.3) is 0 Å². The van der Waals surface area contributed by atoms with E-state index in [1.54, 1.807) is 0 Å². The van der Waals surface area contributed by atoms with E-state index in [9.17, 15) is 0 Å². The van der Waals surface area contributed by atoms with Crippen molar-refractivity contribution in [2.24, 2.45) is 0 Å². The predicted octanol–water partition coefficient (Wildman–Crippen LogP) is 1.84. The van der Waals surface area contributed by atoms with Gasteiger partial charge in [-0.3, -0.25) is 4.90 Å². The fourth-order valence-corrected chi connectivity index (χ4v) is 1.44. The van der Waals surface area contributed by atoms with E-state index in [2.05, 4.69) is 30.1 Å². The normalized spacial score (nSPS) is 11.1. The van der Waals surface area contributed by atoms with E-state index in [4.69, 9.17) is 4.42 Å². The van der Waals surface area contributed by atoms with Gasteiger partial charge in [-0.2, -0.15) is 0 Å². The van der Waals surface area contributed by atoms with Crippen molar-refractivity contribution in [1.29, 1.82) is 0 Å². The molecule has 0 fully saturated rings. The number of furan rings is 1. The Bertz CT molecular complexity index is 254. The van der Waals surface area contributed by atoms with Crippen LogP contribution < -0.4 is 5.32 Å². The van der Waals surface area contributed by atoms with E-state index in [1.165, 1.54) is 0 Å². The zero-order chi connectivity index (χ0) is 10.4. The Kier molecular flexibility index (Phi) is 4.70. The highest BCUT2D eigenvalue weighted by Crippen LogP contribution is 2.10. The van der Waals surface area contributed by atoms with Crippen LogP contribution in [0.3, 0.4) is 0 Å². The van der Waals surface area contributed by atoms with Gasteiger partial charge in [-0.25, -0.2) is 0 Å². The van der Waals surface area contributed by atoms with Gasteiger partial charge in [-0.15, -0.1) is 0 Å². The third-order valence-corrected chi connectivity index (χ3v) is 2.34. The molecule has 0 radical (unpaired) electrons. The largest absolute Gasteiger partial charge is 0.463 e. The summed E-state index contributed by atoms with van der Waals surface area (Å²) in [7, 11) is 1.92. The third kappa shape index (κ3) is 3.16. The lowest BCUT2D eigenvalue weighted by Gasteiger charge is -2.15. The second-order valence-electron chi connectivity index (χ2n) is 3.36. The summed E-state index contributed by atoms with van der Waals surface area (Å²) < 4.78 is 5.65. The topological polar surface area (TPSA) is 28.4 Å². The predicted molar refractivity (Wildman–Crippen MR) is 58.1 cm³/mol. The van der Waals surface area contributed by atoms with Gasteiger partial charge in [0.2, 0.25) is 0 Å². The minimum atomic E-state index is 0.804. The van der Waals surface area contributed by atoms with Gasteiger partial charge in [-0.05, 0) is 32.3 Å². The van der Waals surface area contributed by atoms with E-state index in [0.29, 0.717) is 0 Å². The molecule has 0 aliphatic heterocycles. The summed E-state index contributed by atoms with van der Waals surface area (Å²) in [5.74, 6) is 2.06. The fraction of sp³-hybridized carbons (Fsp3) is 0.636. The van der Waals surface area contributed by atoms with Crippen LogP contribution in [-0.4, -0.2) is 25.0 Å². The van der Waals surface area contributed by atoms with E-state index in [-0.39, 0.29) is 0 Å². The first-order valence-corrected chi connectivity index (χ1v) is 5.24. The van der Waals surface area contributed by atoms with Crippen LogP contribution in [0.2, 0.25) is 0 Å².